The van der Waals surface area contributed by atoms with Crippen molar-refractivity contribution in [2.45, 2.75) is 137 Å². The summed E-state index contributed by atoms with van der Waals surface area (Å²) >= 11 is 0. The molecule has 2 fully saturated rings. The molecule has 0 radical (unpaired) electrons. The maximum Gasteiger partial charge on any atom is 0.446 e. The molecule has 2 aliphatic heterocycles. The number of alkyl halides is 3. The van der Waals surface area contributed by atoms with Crippen LogP contribution >= 0.6 is 0 Å². The zero-order chi connectivity index (χ0) is 64.0. The molecule has 8 rings (SSSR count). The van der Waals surface area contributed by atoms with Crippen molar-refractivity contribution in [2.24, 2.45) is 0 Å². The molecule has 0 amide bonds. The van der Waals surface area contributed by atoms with E-state index >= 15 is 0 Å². The molecule has 7 N–H and O–H groups in total. The van der Waals surface area contributed by atoms with Crippen molar-refractivity contribution in [3.8, 4) is 0 Å². The molecule has 2 aliphatic rings. The Morgan fingerprint density at radius 2 is 1.01 bits per heavy atom. The Hall–Kier alpha value is -6.48. The number of aldehydes is 1. The standard InChI is InChI=1S/C33H53N7O3.C29H45N7O3.C2HF3O.H2O/c1-7-8-11-28-36-30-31(40(28)16-10-9-15-37(5)6)26-24-25(12-13-27(26)35-32(30)34)39-19-17-38(18-20-39)21-23-42-22-14-29(41)43-33(2,3)4;1-4-5-8-25-32-27-28(36(25)13-7-6-12-33(2)3)23-21-22(9-10-24(23)31-29(27)30)35-16-14-34(15-17-35)18-20-39-19-11-26(37)38;3-2(4,5)1-6;/h12-13,24H,7-11,14-23H2,1-6H3,(H2,34,35);9-10,21H,4-8,11-20H2,1-3H3,(H2,30,31)(H,37,38);1H;1H2. The number of imidazole rings is 2. The van der Waals surface area contributed by atoms with Gasteiger partial charge in [-0.05, 0) is 137 Å². The lowest BCUT2D eigenvalue weighted by molar-refractivity contribution is -0.156. The molecule has 0 unspecified atom stereocenters. The number of esters is 1. The fraction of sp³-hybridized carbons (Fsp3) is 0.641. The molecule has 0 bridgehead atoms. The normalized spacial score (nSPS) is 14.4. The van der Waals surface area contributed by atoms with Gasteiger partial charge in [-0.15, -0.1) is 0 Å². The van der Waals surface area contributed by atoms with Gasteiger partial charge < -0.3 is 65.0 Å². The van der Waals surface area contributed by atoms with Crippen LogP contribution in [0.5, 0.6) is 0 Å². The molecule has 2 aromatic carbocycles. The number of fused-ring (bicyclic) bond motifs is 6. The van der Waals surface area contributed by atoms with Crippen LogP contribution < -0.4 is 21.3 Å². The van der Waals surface area contributed by atoms with Crippen LogP contribution in [0, 0.1) is 0 Å². The third kappa shape index (κ3) is 23.1. The van der Waals surface area contributed by atoms with Crippen molar-refractivity contribution < 1.29 is 52.3 Å². The van der Waals surface area contributed by atoms with Crippen LogP contribution in [-0.4, -0.2) is 222 Å². The van der Waals surface area contributed by atoms with Gasteiger partial charge in [0.2, 0.25) is 6.29 Å². The summed E-state index contributed by atoms with van der Waals surface area (Å²) in [5.74, 6) is 2.23. The number of aromatic nitrogens is 6. The highest BCUT2D eigenvalue weighted by Gasteiger charge is 2.26. The minimum absolute atomic E-state index is 0. The average molecular weight is 1250 g/mol. The van der Waals surface area contributed by atoms with Crippen LogP contribution in [-0.2, 0) is 54.5 Å². The smallest absolute Gasteiger partial charge is 0.446 e. The monoisotopic (exact) mass is 1250 g/mol. The van der Waals surface area contributed by atoms with E-state index in [-0.39, 0.29) is 30.9 Å². The van der Waals surface area contributed by atoms with Gasteiger partial charge in [0, 0.05) is 114 Å². The number of halogens is 3. The first-order chi connectivity index (χ1) is 42.0. The van der Waals surface area contributed by atoms with Gasteiger partial charge in [-0.2, -0.15) is 13.2 Å². The van der Waals surface area contributed by atoms with E-state index in [4.69, 9.17) is 55.5 Å². The molecule has 2 saturated heterocycles. The van der Waals surface area contributed by atoms with E-state index in [1.54, 1.807) is 0 Å². The number of aryl methyl sites for hydroxylation is 4. The number of carboxylic acids is 1. The van der Waals surface area contributed by atoms with Crippen LogP contribution in [0.4, 0.5) is 36.2 Å². The number of piperazine rings is 2. The molecule has 496 valence electrons. The number of nitrogens with zero attached hydrogens (tertiary/aromatic N) is 12. The second-order valence-electron chi connectivity index (χ2n) is 24.4. The molecule has 4 aromatic heterocycles. The number of carbonyl (C=O) groups excluding carboxylic acids is 2. The van der Waals surface area contributed by atoms with Gasteiger partial charge in [0.1, 0.15) is 28.3 Å². The Balaban J connectivity index is 0.000000295. The molecular formula is C64H101F3N14O8. The third-order valence-corrected chi connectivity index (χ3v) is 15.6. The quantitative estimate of drug-likeness (QED) is 0.0218. The minimum Gasteiger partial charge on any atom is -0.481 e. The van der Waals surface area contributed by atoms with E-state index in [0.29, 0.717) is 31.5 Å². The molecule has 6 heterocycles. The van der Waals surface area contributed by atoms with Crippen molar-refractivity contribution >= 4 is 85.1 Å². The molecule has 0 saturated carbocycles. The number of benzene rings is 2. The van der Waals surface area contributed by atoms with Gasteiger partial charge in [-0.1, -0.05) is 26.7 Å². The minimum atomic E-state index is -4.64. The number of hydrogen-bond acceptors (Lipinski definition) is 18. The number of hydrogen-bond donors (Lipinski definition) is 3. The first kappa shape index (κ1) is 73.3. The van der Waals surface area contributed by atoms with Gasteiger partial charge in [-0.3, -0.25) is 24.2 Å². The lowest BCUT2D eigenvalue weighted by Gasteiger charge is -2.36. The number of aliphatic carboxylic acids is 1. The summed E-state index contributed by atoms with van der Waals surface area (Å²) in [6, 6.07) is 13.1. The highest BCUT2D eigenvalue weighted by molar-refractivity contribution is 6.08. The number of pyridine rings is 2. The number of rotatable bonds is 30. The summed E-state index contributed by atoms with van der Waals surface area (Å²) in [7, 11) is 8.50. The molecule has 0 aliphatic carbocycles. The van der Waals surface area contributed by atoms with Crippen LogP contribution in [0.25, 0.3) is 43.9 Å². The van der Waals surface area contributed by atoms with Crippen molar-refractivity contribution in [1.82, 2.24) is 48.7 Å². The Bertz CT molecular complexity index is 3150. The number of nitrogens with two attached hydrogens (primary N) is 2. The molecule has 6 aromatic rings. The number of anilines is 4. The predicted molar refractivity (Wildman–Crippen MR) is 349 cm³/mol. The molecule has 89 heavy (non-hydrogen) atoms. The zero-order valence-electron chi connectivity index (χ0n) is 54.3. The topological polar surface area (TPSA) is 264 Å². The van der Waals surface area contributed by atoms with E-state index in [0.717, 1.165) is 211 Å². The van der Waals surface area contributed by atoms with Gasteiger partial charge >= 0.3 is 18.1 Å². The Morgan fingerprint density at radius 3 is 1.37 bits per heavy atom. The molecule has 25 heteroatoms. The molecular weight excluding hydrogens is 1150 g/mol. The maximum absolute atomic E-state index is 11.9. The second kappa shape index (κ2) is 35.8. The predicted octanol–water partition coefficient (Wildman–Crippen LogP) is 8.11. The van der Waals surface area contributed by atoms with E-state index in [1.165, 1.54) is 11.4 Å². The Kier molecular flexibility index (Phi) is 29.5. The van der Waals surface area contributed by atoms with Gasteiger partial charge in [-0.25, -0.2) is 19.9 Å². The highest BCUT2D eigenvalue weighted by Crippen LogP contribution is 2.35. The third-order valence-electron chi connectivity index (χ3n) is 15.6. The number of carbonyl (C=O) groups is 3. The first-order valence-corrected chi connectivity index (χ1v) is 31.5. The van der Waals surface area contributed by atoms with Crippen LogP contribution in [0.2, 0.25) is 0 Å². The highest BCUT2D eigenvalue weighted by atomic mass is 19.4. The number of carboxylic acid groups (broad SMARTS) is 1. The summed E-state index contributed by atoms with van der Waals surface area (Å²) in [5, 5.41) is 11.0. The number of nitrogen functional groups attached to an aromatic ring is 2. The molecule has 22 nitrogen and oxygen atoms in total. The Labute approximate surface area is 523 Å². The first-order valence-electron chi connectivity index (χ1n) is 31.5. The van der Waals surface area contributed by atoms with Crippen molar-refractivity contribution in [3.63, 3.8) is 0 Å². The SMILES string of the molecule is CCCCc1nc2c(N)nc3ccc(N4CCN(CCOCCC(=O)O)CC4)cc3c2n1CCCCN(C)C.CCCCc1nc2c(N)nc3ccc(N4CCN(CCOCCC(=O)OC(C)(C)C)CC4)cc3c2n1CCCCN(C)C.O.O=CC(F)(F)F. The van der Waals surface area contributed by atoms with E-state index in [2.05, 4.69) is 117 Å². The summed E-state index contributed by atoms with van der Waals surface area (Å²) in [5.41, 5.74) is 20.6. The van der Waals surface area contributed by atoms with Gasteiger partial charge in [0.25, 0.3) is 0 Å². The van der Waals surface area contributed by atoms with Crippen LogP contribution in [0.15, 0.2) is 36.4 Å². The van der Waals surface area contributed by atoms with Gasteiger partial charge in [0.05, 0.1) is 61.3 Å². The summed E-state index contributed by atoms with van der Waals surface area (Å²) in [6.45, 7) is 25.2. The van der Waals surface area contributed by atoms with Crippen LogP contribution in [0.1, 0.15) is 110 Å². The van der Waals surface area contributed by atoms with Crippen molar-refractivity contribution in [1.29, 1.82) is 0 Å². The summed E-state index contributed by atoms with van der Waals surface area (Å²) in [6.07, 6.45) is 5.47. The second-order valence-corrected chi connectivity index (χ2v) is 24.4. The van der Waals surface area contributed by atoms with E-state index < -0.39 is 24.0 Å². The fourth-order valence-electron chi connectivity index (χ4n) is 11.0. The van der Waals surface area contributed by atoms with Crippen molar-refractivity contribution in [3.05, 3.63) is 48.0 Å². The Morgan fingerprint density at radius 1 is 0.607 bits per heavy atom. The summed E-state index contributed by atoms with van der Waals surface area (Å²) < 4.78 is 52.6. The molecule has 0 spiro atoms. The lowest BCUT2D eigenvalue weighted by atomic mass is 10.1. The van der Waals surface area contributed by atoms with E-state index in [1.807, 2.05) is 20.8 Å². The molecule has 0 atom stereocenters. The van der Waals surface area contributed by atoms with Crippen molar-refractivity contribution in [2.75, 3.05) is 154 Å². The number of unbranched alkanes of at least 4 members (excludes halogenated alkanes) is 4. The lowest BCUT2D eigenvalue weighted by Crippen LogP contribution is -2.47. The number of ether oxygens (including phenoxy) is 3. The summed E-state index contributed by atoms with van der Waals surface area (Å²) in [4.78, 5) is 64.9. The van der Waals surface area contributed by atoms with Crippen LogP contribution in [0.3, 0.4) is 0 Å². The van der Waals surface area contributed by atoms with Gasteiger partial charge in [0.15, 0.2) is 11.6 Å². The average Bonchev–Trinajstić information content (AvgIpc) is 1.86. The maximum atomic E-state index is 11.9. The van der Waals surface area contributed by atoms with E-state index in [9.17, 15) is 22.8 Å². The fourth-order valence-corrected chi connectivity index (χ4v) is 11.0. The largest absolute Gasteiger partial charge is 0.481 e. The zero-order valence-corrected chi connectivity index (χ0v) is 54.3.